The Morgan fingerprint density at radius 3 is 1.14 bits per heavy atom. The molecule has 0 aliphatic carbocycles. The highest BCUT2D eigenvalue weighted by molar-refractivity contribution is 7.47. The molecule has 0 bridgehead atoms. The fourth-order valence-electron chi connectivity index (χ4n) is 10.1. The second kappa shape index (κ2) is 48.5. The van der Waals surface area contributed by atoms with Crippen LogP contribution in [0.3, 0.4) is 0 Å². The number of carbonyl (C=O) groups is 9. The summed E-state index contributed by atoms with van der Waals surface area (Å²) in [6.07, 6.45) is -16.0. The van der Waals surface area contributed by atoms with E-state index in [1.165, 1.54) is 20.8 Å². The zero-order chi connectivity index (χ0) is 73.5. The molecule has 3 saturated heterocycles. The Kier molecular flexibility index (Phi) is 43.0. The van der Waals surface area contributed by atoms with E-state index in [4.69, 9.17) is 47.2 Å². The van der Waals surface area contributed by atoms with E-state index >= 15 is 0 Å². The number of unbranched alkanes of at least 4 members (excludes halogenated alkanes) is 3. The number of amides is 9. The van der Waals surface area contributed by atoms with Gasteiger partial charge in [-0.25, -0.2) is 4.57 Å². The van der Waals surface area contributed by atoms with Gasteiger partial charge in [-0.1, -0.05) is 12.8 Å². The first-order valence-corrected chi connectivity index (χ1v) is 34.1. The smallest absolute Gasteiger partial charge is 0.394 e. The van der Waals surface area contributed by atoms with Crippen molar-refractivity contribution in [1.82, 2.24) is 47.9 Å². The minimum atomic E-state index is -4.07. The summed E-state index contributed by atoms with van der Waals surface area (Å²) >= 11 is 0. The number of phosphoric acid groups is 1. The minimum absolute atomic E-state index is 0.00947. The molecule has 0 saturated carbocycles. The van der Waals surface area contributed by atoms with E-state index < -0.39 is 185 Å². The summed E-state index contributed by atoms with van der Waals surface area (Å²) in [5.74, 6) is -5.57. The number of nitrogens with one attached hydrogen (secondary N) is 9. The molecule has 0 radical (unpaired) electrons. The summed E-state index contributed by atoms with van der Waals surface area (Å²) in [7, 11) is -3.02. The van der Waals surface area contributed by atoms with Crippen LogP contribution < -0.4 is 47.9 Å². The second-order valence-electron chi connectivity index (χ2n) is 23.1. The molecule has 40 nitrogen and oxygen atoms in total. The van der Waals surface area contributed by atoms with Gasteiger partial charge in [-0.2, -0.15) is 0 Å². The molecular weight excluding hydrogens is 1350 g/mol. The molecule has 9 amide bonds. The molecule has 18 atom stereocenters. The zero-order valence-electron chi connectivity index (χ0n) is 56.1. The Hall–Kier alpha value is -5.38. The third-order valence-electron chi connectivity index (χ3n) is 15.3. The summed E-state index contributed by atoms with van der Waals surface area (Å²) < 4.78 is 70.7. The molecule has 3 aliphatic heterocycles. The summed E-state index contributed by atoms with van der Waals surface area (Å²) in [6, 6.07) is -6.34. The van der Waals surface area contributed by atoms with Crippen LogP contribution in [0.5, 0.6) is 0 Å². The van der Waals surface area contributed by atoms with Gasteiger partial charge in [0.25, 0.3) is 0 Å². The summed E-state index contributed by atoms with van der Waals surface area (Å²) in [6.45, 7) is 0.378. The van der Waals surface area contributed by atoms with Crippen LogP contribution in [0.1, 0.15) is 91.4 Å². The van der Waals surface area contributed by atoms with Crippen LogP contribution in [-0.2, 0) is 99.4 Å². The summed E-state index contributed by atoms with van der Waals surface area (Å²) in [5.41, 5.74) is 0. The van der Waals surface area contributed by atoms with Crippen molar-refractivity contribution in [3.8, 4) is 0 Å². The lowest BCUT2D eigenvalue weighted by Crippen LogP contribution is -2.64. The van der Waals surface area contributed by atoms with Crippen LogP contribution in [-0.4, -0.2) is 327 Å². The van der Waals surface area contributed by atoms with Crippen LogP contribution in [0.25, 0.3) is 0 Å². The number of hydrogen-bond donors (Lipinski definition) is 19. The van der Waals surface area contributed by atoms with Gasteiger partial charge in [0.2, 0.25) is 53.2 Å². The van der Waals surface area contributed by atoms with Gasteiger partial charge in [-0.3, -0.25) is 52.2 Å². The van der Waals surface area contributed by atoms with Crippen LogP contribution in [0.4, 0.5) is 0 Å². The fourth-order valence-corrected chi connectivity index (χ4v) is 10.5. The van der Waals surface area contributed by atoms with E-state index in [2.05, 4.69) is 52.4 Å². The molecule has 3 rings (SSSR count). The van der Waals surface area contributed by atoms with Crippen LogP contribution in [0.2, 0.25) is 0 Å². The van der Waals surface area contributed by atoms with Gasteiger partial charge in [0.15, 0.2) is 18.9 Å². The monoisotopic (exact) mass is 1450 g/mol. The van der Waals surface area contributed by atoms with Crippen LogP contribution in [0.15, 0.2) is 0 Å². The van der Waals surface area contributed by atoms with Gasteiger partial charge in [0.1, 0.15) is 85.1 Å². The highest BCUT2D eigenvalue weighted by Crippen LogP contribution is 2.42. The zero-order valence-corrected chi connectivity index (χ0v) is 57.0. The predicted molar refractivity (Wildman–Crippen MR) is 336 cm³/mol. The number of hydrogen-bond acceptors (Lipinski definition) is 30. The van der Waals surface area contributed by atoms with Crippen molar-refractivity contribution in [3.63, 3.8) is 0 Å². The maximum absolute atomic E-state index is 13.8. The Bertz CT molecular complexity index is 2490. The first-order chi connectivity index (χ1) is 47.2. The quantitative estimate of drug-likeness (QED) is 0.0199. The second-order valence-corrected chi connectivity index (χ2v) is 24.7. The van der Waals surface area contributed by atoms with Crippen molar-refractivity contribution >= 4 is 61.0 Å². The number of ether oxygens (including phenoxy) is 9. The maximum Gasteiger partial charge on any atom is 0.471 e. The molecule has 0 aromatic rings. The molecule has 99 heavy (non-hydrogen) atoms. The van der Waals surface area contributed by atoms with Crippen molar-refractivity contribution in [2.45, 2.75) is 195 Å². The number of rotatable bonds is 50. The molecular formula is C58H104N9O31P. The SMILES string of the molecule is COP(=O)(O)OCCCCCCNC(=O)CCCC(=O)N[C@@H](CCC(=O)N[C@@H](CCC(=O)NCCOCCOC1OC(CO)C(O)C(O)C1NC(C)=O)C(=O)NCCOCCOC1OC(CO)C(O)C(O)C1NC(C)=O)C(=O)NCCOCCOC1OC(CO)C(O)C(O)C1NC(C)=O. The minimum Gasteiger partial charge on any atom is -0.394 e. The van der Waals surface area contributed by atoms with Gasteiger partial charge in [0, 0.05) is 79.7 Å². The molecule has 16 unspecified atom stereocenters. The molecule has 0 spiro atoms. The molecule has 41 heteroatoms. The van der Waals surface area contributed by atoms with Gasteiger partial charge in [-0.15, -0.1) is 0 Å². The lowest BCUT2D eigenvalue weighted by molar-refractivity contribution is -0.272. The van der Waals surface area contributed by atoms with E-state index in [1.54, 1.807) is 0 Å². The lowest BCUT2D eigenvalue weighted by Gasteiger charge is -2.42. The highest BCUT2D eigenvalue weighted by atomic mass is 31.2. The van der Waals surface area contributed by atoms with E-state index in [0.29, 0.717) is 32.2 Å². The van der Waals surface area contributed by atoms with Crippen LogP contribution in [0, 0.1) is 0 Å². The standard InChI is InChI=1S/C58H104N9O31P/c1-33(71)63-45-51(81)48(78)38(30-68)96-56(45)92-27-24-89-21-17-60-42(75)14-12-36(54(84)61-18-22-90-25-28-93-57-46(64-34(2)72)52(82)49(79)39(31-69)97-57)67-44(77)15-13-37(66-43(76)11-9-10-41(74)59-16-7-5-6-8-20-95-99(86,87)88-4)55(85)62-19-23-91-26-29-94-58-47(65-35(3)73)53(83)50(80)40(32-70)98-58/h36-40,45-53,56-58,68-70,78-83H,5-32H2,1-4H3,(H,59,74)(H,60,75)(H,61,84)(H,62,85)(H,63,71)(H,64,72)(H,65,73)(H,66,76)(H,67,77)(H,86,87)/t36-,37-,38?,39?,40?,45?,46?,47?,48?,49?,50?,51?,52?,53?,56?,57?,58?/m0/s1. The van der Waals surface area contributed by atoms with Gasteiger partial charge in [0.05, 0.1) is 85.9 Å². The third kappa shape index (κ3) is 34.0. The Morgan fingerprint density at radius 2 is 0.758 bits per heavy atom. The van der Waals surface area contributed by atoms with Gasteiger partial charge < -0.3 is 141 Å². The Balaban J connectivity index is 1.64. The van der Waals surface area contributed by atoms with Crippen LogP contribution >= 0.6 is 7.82 Å². The van der Waals surface area contributed by atoms with Gasteiger partial charge in [-0.05, 0) is 32.1 Å². The first kappa shape index (κ1) is 87.8. The number of aliphatic hydroxyl groups excluding tert-OH is 9. The Morgan fingerprint density at radius 1 is 0.414 bits per heavy atom. The molecule has 3 heterocycles. The molecule has 0 aromatic carbocycles. The van der Waals surface area contributed by atoms with E-state index in [1.807, 2.05) is 0 Å². The van der Waals surface area contributed by atoms with E-state index in [0.717, 1.165) is 7.11 Å². The molecule has 3 aliphatic rings. The average Bonchev–Trinajstić information content (AvgIpc) is 0.824. The molecule has 0 aromatic heterocycles. The normalized spacial score (nSPS) is 26.5. The van der Waals surface area contributed by atoms with Crippen molar-refractivity contribution < 1.29 is 150 Å². The fraction of sp³-hybridized carbons (Fsp3) is 0.845. The number of aliphatic hydroxyl groups is 9. The number of carbonyl (C=O) groups excluding carboxylic acids is 9. The highest BCUT2D eigenvalue weighted by Gasteiger charge is 2.48. The molecule has 3 fully saturated rings. The number of phosphoric ester groups is 1. The third-order valence-corrected chi connectivity index (χ3v) is 16.2. The largest absolute Gasteiger partial charge is 0.471 e. The molecule has 572 valence electrons. The van der Waals surface area contributed by atoms with Crippen molar-refractivity contribution in [1.29, 1.82) is 0 Å². The average molecular weight is 1450 g/mol. The van der Waals surface area contributed by atoms with Crippen molar-refractivity contribution in [2.24, 2.45) is 0 Å². The van der Waals surface area contributed by atoms with Crippen molar-refractivity contribution in [2.75, 3.05) is 119 Å². The summed E-state index contributed by atoms with van der Waals surface area (Å²) in [4.78, 5) is 125. The Labute approximate surface area is 572 Å². The topological polar surface area (TPSA) is 583 Å². The molecule has 19 N–H and O–H groups in total. The first-order valence-electron chi connectivity index (χ1n) is 32.6. The predicted octanol–water partition coefficient (Wildman–Crippen LogP) is -8.59. The van der Waals surface area contributed by atoms with E-state index in [-0.39, 0.29) is 130 Å². The van der Waals surface area contributed by atoms with Gasteiger partial charge >= 0.3 is 7.82 Å². The lowest BCUT2D eigenvalue weighted by atomic mass is 9.97. The van der Waals surface area contributed by atoms with Crippen molar-refractivity contribution in [3.05, 3.63) is 0 Å². The van der Waals surface area contributed by atoms with E-state index in [9.17, 15) is 98.6 Å². The summed E-state index contributed by atoms with van der Waals surface area (Å²) in [5, 5.41) is 114. The maximum atomic E-state index is 13.8.